The zero-order valence-electron chi connectivity index (χ0n) is 12.1. The van der Waals surface area contributed by atoms with Crippen LogP contribution in [0.4, 0.5) is 0 Å². The van der Waals surface area contributed by atoms with E-state index in [2.05, 4.69) is 4.98 Å². The summed E-state index contributed by atoms with van der Waals surface area (Å²) < 4.78 is 0. The summed E-state index contributed by atoms with van der Waals surface area (Å²) in [5.74, 6) is -0.0606. The molecule has 0 spiro atoms. The normalized spacial score (nSPS) is 12.0. The molecule has 1 aromatic heterocycles. The molecule has 1 atom stereocenters. The van der Waals surface area contributed by atoms with Gasteiger partial charge in [0, 0.05) is 30.4 Å². The van der Waals surface area contributed by atoms with E-state index in [0.29, 0.717) is 22.8 Å². The van der Waals surface area contributed by atoms with Crippen molar-refractivity contribution in [3.63, 3.8) is 0 Å². The fourth-order valence-corrected chi connectivity index (χ4v) is 2.19. The van der Waals surface area contributed by atoms with Crippen molar-refractivity contribution in [2.75, 3.05) is 7.05 Å². The molecule has 0 aliphatic carbocycles. The minimum absolute atomic E-state index is 0.0516. The smallest absolute Gasteiger partial charge is 0.254 e. The van der Waals surface area contributed by atoms with Gasteiger partial charge < -0.3 is 10.6 Å². The van der Waals surface area contributed by atoms with Gasteiger partial charge in [0.05, 0.1) is 11.7 Å². The van der Waals surface area contributed by atoms with E-state index < -0.39 is 0 Å². The van der Waals surface area contributed by atoms with Gasteiger partial charge in [0.25, 0.3) is 5.91 Å². The van der Waals surface area contributed by atoms with Crippen LogP contribution in [0.1, 0.15) is 34.6 Å². The fourth-order valence-electron chi connectivity index (χ4n) is 2.07. The average molecular weight is 304 g/mol. The Hall–Kier alpha value is -1.91. The lowest BCUT2D eigenvalue weighted by atomic mass is 10.1. The van der Waals surface area contributed by atoms with Crippen molar-refractivity contribution in [3.05, 3.63) is 64.4 Å². The molecule has 21 heavy (non-hydrogen) atoms. The molecule has 0 fully saturated rings. The monoisotopic (exact) mass is 303 g/mol. The molecule has 0 aliphatic rings. The highest BCUT2D eigenvalue weighted by atomic mass is 35.5. The lowest BCUT2D eigenvalue weighted by Crippen LogP contribution is -2.29. The molecule has 1 aromatic carbocycles. The van der Waals surface area contributed by atoms with E-state index in [1.54, 1.807) is 30.3 Å². The van der Waals surface area contributed by atoms with Gasteiger partial charge in [-0.1, -0.05) is 23.7 Å². The van der Waals surface area contributed by atoms with Gasteiger partial charge in [-0.05, 0) is 36.8 Å². The van der Waals surface area contributed by atoms with Crippen molar-refractivity contribution >= 4 is 17.5 Å². The Morgan fingerprint density at radius 3 is 2.62 bits per heavy atom. The first-order chi connectivity index (χ1) is 10.0. The van der Waals surface area contributed by atoms with E-state index in [-0.39, 0.29) is 11.9 Å². The quantitative estimate of drug-likeness (QED) is 0.944. The molecule has 0 aliphatic heterocycles. The van der Waals surface area contributed by atoms with Crippen LogP contribution < -0.4 is 5.73 Å². The van der Waals surface area contributed by atoms with Crippen molar-refractivity contribution in [1.82, 2.24) is 9.88 Å². The van der Waals surface area contributed by atoms with Crippen LogP contribution in [-0.2, 0) is 6.54 Å². The van der Waals surface area contributed by atoms with Gasteiger partial charge in [0.15, 0.2) is 0 Å². The highest BCUT2D eigenvalue weighted by Crippen LogP contribution is 2.22. The molecule has 2 N–H and O–H groups in total. The molecule has 0 radical (unpaired) electrons. The van der Waals surface area contributed by atoms with E-state index in [4.69, 9.17) is 17.3 Å². The van der Waals surface area contributed by atoms with E-state index in [1.807, 2.05) is 31.2 Å². The molecule has 0 saturated carbocycles. The molecule has 2 aromatic rings. The lowest BCUT2D eigenvalue weighted by Gasteiger charge is -2.25. The van der Waals surface area contributed by atoms with Crippen LogP contribution in [0.2, 0.25) is 5.02 Å². The number of rotatable bonds is 4. The zero-order valence-corrected chi connectivity index (χ0v) is 12.8. The van der Waals surface area contributed by atoms with Gasteiger partial charge in [0.1, 0.15) is 0 Å². The maximum atomic E-state index is 12.5. The Morgan fingerprint density at radius 2 is 2.00 bits per heavy atom. The second-order valence-electron chi connectivity index (χ2n) is 4.88. The number of aromatic nitrogens is 1. The second kappa shape index (κ2) is 6.70. The highest BCUT2D eigenvalue weighted by molar-refractivity contribution is 6.30. The summed E-state index contributed by atoms with van der Waals surface area (Å²) in [5, 5.41) is 0.682. The number of halogens is 1. The Kier molecular flexibility index (Phi) is 4.94. The number of benzene rings is 1. The highest BCUT2D eigenvalue weighted by Gasteiger charge is 2.19. The summed E-state index contributed by atoms with van der Waals surface area (Å²) in [4.78, 5) is 18.3. The van der Waals surface area contributed by atoms with E-state index >= 15 is 0 Å². The first-order valence-corrected chi connectivity index (χ1v) is 7.08. The minimum atomic E-state index is -0.0606. The van der Waals surface area contributed by atoms with Crippen LogP contribution >= 0.6 is 11.6 Å². The molecular weight excluding hydrogens is 286 g/mol. The molecule has 110 valence electrons. The van der Waals surface area contributed by atoms with E-state index in [0.717, 1.165) is 5.56 Å². The van der Waals surface area contributed by atoms with Crippen LogP contribution in [-0.4, -0.2) is 22.8 Å². The minimum Gasteiger partial charge on any atom is -0.335 e. The van der Waals surface area contributed by atoms with Crippen LogP contribution in [0, 0.1) is 0 Å². The Morgan fingerprint density at radius 1 is 1.33 bits per heavy atom. The predicted octanol–water partition coefficient (Wildman–Crippen LogP) is 3.03. The molecule has 2 rings (SSSR count). The van der Waals surface area contributed by atoms with Crippen molar-refractivity contribution in [2.45, 2.75) is 19.5 Å². The Bertz CT molecular complexity index is 628. The van der Waals surface area contributed by atoms with Gasteiger partial charge in [-0.15, -0.1) is 0 Å². The van der Waals surface area contributed by atoms with Crippen molar-refractivity contribution in [2.24, 2.45) is 5.73 Å². The maximum absolute atomic E-state index is 12.5. The molecule has 1 heterocycles. The molecule has 5 heteroatoms. The fraction of sp³-hybridized carbons (Fsp3) is 0.250. The van der Waals surface area contributed by atoms with Crippen molar-refractivity contribution in [1.29, 1.82) is 0 Å². The second-order valence-corrected chi connectivity index (χ2v) is 5.32. The summed E-state index contributed by atoms with van der Waals surface area (Å²) >= 11 is 5.89. The predicted molar refractivity (Wildman–Crippen MR) is 84.1 cm³/mol. The van der Waals surface area contributed by atoms with Crippen molar-refractivity contribution < 1.29 is 4.79 Å². The zero-order chi connectivity index (χ0) is 15.4. The molecule has 1 unspecified atom stereocenters. The molecule has 0 saturated heterocycles. The summed E-state index contributed by atoms with van der Waals surface area (Å²) in [6.45, 7) is 2.30. The number of carbonyl (C=O) groups is 1. The number of pyridine rings is 1. The summed E-state index contributed by atoms with van der Waals surface area (Å²) in [6.07, 6.45) is 1.61. The molecule has 4 nitrogen and oxygen atoms in total. The number of carbonyl (C=O) groups excluding carboxylic acids is 1. The van der Waals surface area contributed by atoms with Gasteiger partial charge in [-0.3, -0.25) is 9.78 Å². The number of hydrogen-bond donors (Lipinski definition) is 1. The number of amides is 1. The van der Waals surface area contributed by atoms with E-state index in [9.17, 15) is 4.79 Å². The van der Waals surface area contributed by atoms with Crippen LogP contribution in [0.25, 0.3) is 0 Å². The SMILES string of the molecule is CC(c1ccc(Cl)cc1)N(C)C(=O)c1ccnc(CN)c1. The Labute approximate surface area is 129 Å². The number of nitrogens with zero attached hydrogens (tertiary/aromatic N) is 2. The largest absolute Gasteiger partial charge is 0.335 e. The summed E-state index contributed by atoms with van der Waals surface area (Å²) in [6, 6.07) is 10.9. The van der Waals surface area contributed by atoms with Gasteiger partial charge in [-0.2, -0.15) is 0 Å². The van der Waals surface area contributed by atoms with Crippen molar-refractivity contribution in [3.8, 4) is 0 Å². The molecule has 0 bridgehead atoms. The van der Waals surface area contributed by atoms with Crippen LogP contribution in [0.3, 0.4) is 0 Å². The standard InChI is InChI=1S/C16H18ClN3O/c1-11(12-3-5-14(17)6-4-12)20(2)16(21)13-7-8-19-15(9-13)10-18/h3-9,11H,10,18H2,1-2H3. The van der Waals surface area contributed by atoms with Gasteiger partial charge >= 0.3 is 0 Å². The third-order valence-electron chi connectivity index (χ3n) is 3.53. The topological polar surface area (TPSA) is 59.2 Å². The van der Waals surface area contributed by atoms with Gasteiger partial charge in [0.2, 0.25) is 0 Å². The van der Waals surface area contributed by atoms with Gasteiger partial charge in [-0.25, -0.2) is 0 Å². The molecular formula is C16H18ClN3O. The third kappa shape index (κ3) is 3.60. The average Bonchev–Trinajstić information content (AvgIpc) is 2.53. The number of hydrogen-bond acceptors (Lipinski definition) is 3. The maximum Gasteiger partial charge on any atom is 0.254 e. The molecule has 1 amide bonds. The number of nitrogens with two attached hydrogens (primary N) is 1. The first-order valence-electron chi connectivity index (χ1n) is 6.70. The summed E-state index contributed by atoms with van der Waals surface area (Å²) in [5.41, 5.74) is 7.88. The first kappa shape index (κ1) is 15.5. The van der Waals surface area contributed by atoms with Crippen LogP contribution in [0.15, 0.2) is 42.6 Å². The van der Waals surface area contributed by atoms with E-state index in [1.165, 1.54) is 0 Å². The summed E-state index contributed by atoms with van der Waals surface area (Å²) in [7, 11) is 1.78. The Balaban J connectivity index is 2.19. The third-order valence-corrected chi connectivity index (χ3v) is 3.78. The van der Waals surface area contributed by atoms with Crippen LogP contribution in [0.5, 0.6) is 0 Å². The lowest BCUT2D eigenvalue weighted by molar-refractivity contribution is 0.0742.